The van der Waals surface area contributed by atoms with Crippen LogP contribution in [0.2, 0.25) is 0 Å². The van der Waals surface area contributed by atoms with E-state index in [0.717, 1.165) is 6.20 Å². The van der Waals surface area contributed by atoms with Crippen LogP contribution in [0.5, 0.6) is 0 Å². The molecule has 0 bridgehead atoms. The zero-order chi connectivity index (χ0) is 6.85. The first-order valence-corrected chi connectivity index (χ1v) is 3.05. The first-order valence-electron chi connectivity index (χ1n) is 2.26. The largest absolute Gasteiger partial charge is 0.298 e. The average molecular weight is 193 g/mol. The highest BCUT2D eigenvalue weighted by molar-refractivity contribution is 9.10. The van der Waals surface area contributed by atoms with Gasteiger partial charge in [-0.3, -0.25) is 5.21 Å². The molecule has 4 heteroatoms. The first-order chi connectivity index (χ1) is 4.20. The average Bonchev–Trinajstić information content (AvgIpc) is 1.80. The molecule has 2 nitrogen and oxygen atoms in total. The maximum absolute atomic E-state index is 12.1. The molecule has 1 rings (SSSR count). The lowest BCUT2D eigenvalue weighted by Gasteiger charge is -1.84. The van der Waals surface area contributed by atoms with Gasteiger partial charge in [-0.15, -0.1) is 0 Å². The summed E-state index contributed by atoms with van der Waals surface area (Å²) in [5.74, 6) is -0.472. The molecule has 0 saturated heterocycles. The van der Waals surface area contributed by atoms with Crippen LogP contribution in [0.4, 0.5) is 4.39 Å². The second kappa shape index (κ2) is 2.31. The molecule has 0 amide bonds. The van der Waals surface area contributed by atoms with Crippen LogP contribution in [-0.4, -0.2) is 5.21 Å². The van der Waals surface area contributed by atoms with Gasteiger partial charge in [0.15, 0.2) is 5.82 Å². The van der Waals surface area contributed by atoms with Gasteiger partial charge in [0.1, 0.15) is 0 Å². The number of halogens is 2. The molecule has 0 fully saturated rings. The third-order valence-electron chi connectivity index (χ3n) is 0.845. The van der Waals surface area contributed by atoms with Gasteiger partial charge in [0, 0.05) is 26.7 Å². The van der Waals surface area contributed by atoms with Crippen LogP contribution >= 0.6 is 15.9 Å². The summed E-state index contributed by atoms with van der Waals surface area (Å²) >= 11 is 2.98. The highest BCUT2D eigenvalue weighted by atomic mass is 79.9. The molecular formula is C5H4BrFNO+. The van der Waals surface area contributed by atoms with Crippen LogP contribution < -0.4 is 4.73 Å². The van der Waals surface area contributed by atoms with Crippen molar-refractivity contribution >= 4 is 15.9 Å². The molecular weight excluding hydrogens is 189 g/mol. The Bertz CT molecular complexity index is 228. The highest BCUT2D eigenvalue weighted by Crippen LogP contribution is 2.01. The summed E-state index contributed by atoms with van der Waals surface area (Å²) in [6.07, 6.45) is 0.962. The van der Waals surface area contributed by atoms with Crippen molar-refractivity contribution < 1.29 is 14.3 Å². The topological polar surface area (TPSA) is 24.1 Å². The zero-order valence-corrected chi connectivity index (χ0v) is 5.97. The Morgan fingerprint density at radius 2 is 2.22 bits per heavy atom. The van der Waals surface area contributed by atoms with Crippen LogP contribution in [-0.2, 0) is 0 Å². The number of hydrogen-bond donors (Lipinski definition) is 1. The maximum atomic E-state index is 12.1. The number of hydrogen-bond acceptors (Lipinski definition) is 1. The molecule has 48 valence electrons. The van der Waals surface area contributed by atoms with Gasteiger partial charge in [0.2, 0.25) is 0 Å². The Kier molecular flexibility index (Phi) is 1.66. The van der Waals surface area contributed by atoms with E-state index in [1.54, 1.807) is 0 Å². The Morgan fingerprint density at radius 1 is 1.56 bits per heavy atom. The lowest BCUT2D eigenvalue weighted by Crippen LogP contribution is -2.31. The molecule has 1 heterocycles. The van der Waals surface area contributed by atoms with Gasteiger partial charge in [-0.05, 0) is 6.07 Å². The molecule has 0 aliphatic heterocycles. The molecule has 0 atom stereocenters. The fourth-order valence-corrected chi connectivity index (χ4v) is 0.681. The van der Waals surface area contributed by atoms with Gasteiger partial charge in [-0.25, -0.2) is 4.39 Å². The highest BCUT2D eigenvalue weighted by Gasteiger charge is 2.05. The van der Waals surface area contributed by atoms with E-state index < -0.39 is 5.82 Å². The molecule has 0 aliphatic carbocycles. The number of rotatable bonds is 0. The predicted molar refractivity (Wildman–Crippen MR) is 31.5 cm³/mol. The van der Waals surface area contributed by atoms with E-state index in [0.29, 0.717) is 9.33 Å². The number of nitrogens with zero attached hydrogens (tertiary/aromatic N) is 1. The number of pyridine rings is 1. The minimum absolute atomic E-state index is 0.420. The molecule has 1 aromatic heterocycles. The molecule has 1 N–H and O–H groups in total. The summed E-state index contributed by atoms with van der Waals surface area (Å²) in [5, 5.41) is 8.73. The van der Waals surface area contributed by atoms with Crippen molar-refractivity contribution in [3.8, 4) is 0 Å². The molecule has 9 heavy (non-hydrogen) atoms. The van der Waals surface area contributed by atoms with Crippen LogP contribution in [0.1, 0.15) is 0 Å². The van der Waals surface area contributed by atoms with Crippen molar-refractivity contribution in [2.75, 3.05) is 0 Å². The summed E-state index contributed by atoms with van der Waals surface area (Å²) in [6.45, 7) is 0. The Hall–Kier alpha value is -0.640. The van der Waals surface area contributed by atoms with E-state index in [1.807, 2.05) is 0 Å². The van der Waals surface area contributed by atoms with E-state index in [4.69, 9.17) is 5.21 Å². The van der Waals surface area contributed by atoms with Crippen molar-refractivity contribution in [1.29, 1.82) is 0 Å². The zero-order valence-electron chi connectivity index (χ0n) is 4.38. The van der Waals surface area contributed by atoms with Gasteiger partial charge in [-0.2, -0.15) is 0 Å². The normalized spacial score (nSPS) is 9.56. The van der Waals surface area contributed by atoms with Gasteiger partial charge >= 0.3 is 0 Å². The smallest absolute Gasteiger partial charge is 0.284 e. The molecule has 0 saturated carbocycles. The van der Waals surface area contributed by atoms with E-state index in [1.165, 1.54) is 12.1 Å². The van der Waals surface area contributed by atoms with Crippen molar-refractivity contribution in [2.24, 2.45) is 0 Å². The van der Waals surface area contributed by atoms with Crippen LogP contribution in [0, 0.1) is 5.82 Å². The van der Waals surface area contributed by atoms with Gasteiger partial charge in [0.05, 0.1) is 0 Å². The van der Waals surface area contributed by atoms with Gasteiger partial charge in [0.25, 0.3) is 10.8 Å². The summed E-state index contributed by atoms with van der Waals surface area (Å²) in [5.41, 5.74) is 0. The van der Waals surface area contributed by atoms with E-state index >= 15 is 0 Å². The molecule has 0 radical (unpaired) electrons. The SMILES string of the molecule is O[n+]1cc(F)ccc1Br. The van der Waals surface area contributed by atoms with Gasteiger partial charge in [-0.1, -0.05) is 0 Å². The quantitative estimate of drug-likeness (QED) is 0.372. The van der Waals surface area contributed by atoms with Gasteiger partial charge < -0.3 is 0 Å². The lowest BCUT2D eigenvalue weighted by molar-refractivity contribution is -0.913. The van der Waals surface area contributed by atoms with E-state index in [2.05, 4.69) is 15.9 Å². The second-order valence-electron chi connectivity index (χ2n) is 1.51. The number of aromatic nitrogens is 1. The summed E-state index contributed by atoms with van der Waals surface area (Å²) < 4.78 is 13.2. The van der Waals surface area contributed by atoms with Crippen LogP contribution in [0.3, 0.4) is 0 Å². The maximum Gasteiger partial charge on any atom is 0.298 e. The Morgan fingerprint density at radius 3 is 2.67 bits per heavy atom. The molecule has 0 aliphatic rings. The van der Waals surface area contributed by atoms with Crippen LogP contribution in [0.25, 0.3) is 0 Å². The molecule has 0 spiro atoms. The Balaban J connectivity index is 3.17. The molecule has 0 unspecified atom stereocenters. The summed E-state index contributed by atoms with van der Waals surface area (Å²) in [4.78, 5) is 0. The predicted octanol–water partition coefficient (Wildman–Crippen LogP) is 1.11. The summed E-state index contributed by atoms with van der Waals surface area (Å²) in [6, 6.07) is 2.66. The monoisotopic (exact) mass is 192 g/mol. The van der Waals surface area contributed by atoms with Crippen LogP contribution in [0.15, 0.2) is 22.9 Å². The fraction of sp³-hybridized carbons (Fsp3) is 0. The van der Waals surface area contributed by atoms with E-state index in [-0.39, 0.29) is 0 Å². The third-order valence-corrected chi connectivity index (χ3v) is 1.47. The van der Waals surface area contributed by atoms with Crippen molar-refractivity contribution in [3.05, 3.63) is 28.7 Å². The second-order valence-corrected chi connectivity index (χ2v) is 2.33. The third kappa shape index (κ3) is 1.38. The minimum atomic E-state index is -0.472. The first kappa shape index (κ1) is 6.48. The standard InChI is InChI=1S/C5H4BrFNO/c6-5-2-1-4(7)3-8(5)9/h1-3,9H/q+1. The Labute approximate surface area is 59.6 Å². The molecule has 1 aromatic rings. The lowest BCUT2D eigenvalue weighted by atomic mass is 10.5. The van der Waals surface area contributed by atoms with Crippen molar-refractivity contribution in [3.63, 3.8) is 0 Å². The summed E-state index contributed by atoms with van der Waals surface area (Å²) in [7, 11) is 0. The van der Waals surface area contributed by atoms with Crippen molar-refractivity contribution in [1.82, 2.24) is 0 Å². The van der Waals surface area contributed by atoms with Crippen molar-refractivity contribution in [2.45, 2.75) is 0 Å². The molecule has 0 aromatic carbocycles. The fourth-order valence-electron chi connectivity index (χ4n) is 0.446. The van der Waals surface area contributed by atoms with E-state index in [9.17, 15) is 4.39 Å². The minimum Gasteiger partial charge on any atom is -0.284 e.